The van der Waals surface area contributed by atoms with Crippen molar-refractivity contribution >= 4 is 23.4 Å². The molecule has 0 bridgehead atoms. The third-order valence-corrected chi connectivity index (χ3v) is 9.74. The third-order valence-electron chi connectivity index (χ3n) is 9.51. The van der Waals surface area contributed by atoms with Crippen molar-refractivity contribution in [3.8, 4) is 22.6 Å². The highest BCUT2D eigenvalue weighted by atomic mass is 35.5. The molecule has 0 spiro atoms. The fourth-order valence-corrected chi connectivity index (χ4v) is 7.52. The monoisotopic (exact) mass is 618 g/mol. The van der Waals surface area contributed by atoms with E-state index in [1.807, 2.05) is 67.6 Å². The molecule has 0 heterocycles. The molecule has 234 valence electrons. The number of para-hydroxylation sites is 1. The van der Waals surface area contributed by atoms with Gasteiger partial charge in [-0.2, -0.15) is 0 Å². The van der Waals surface area contributed by atoms with Gasteiger partial charge in [0.05, 0.1) is 26.4 Å². The number of aliphatic hydroxyl groups is 1. The van der Waals surface area contributed by atoms with E-state index in [9.17, 15) is 14.7 Å². The van der Waals surface area contributed by atoms with E-state index in [0.29, 0.717) is 47.8 Å². The lowest BCUT2D eigenvalue weighted by molar-refractivity contribution is -0.144. The maximum atomic E-state index is 13.7. The van der Waals surface area contributed by atoms with Crippen LogP contribution in [0, 0.1) is 11.8 Å². The van der Waals surface area contributed by atoms with Gasteiger partial charge >= 0.3 is 5.97 Å². The van der Waals surface area contributed by atoms with E-state index < -0.39 is 5.60 Å². The summed E-state index contributed by atoms with van der Waals surface area (Å²) in [6, 6.07) is 19.4. The number of halogens is 1. The number of Topliss-reactive ketones (excluding diaryl/α,β-unsaturated/α-hetero) is 1. The minimum Gasteiger partial charge on any atom is -0.493 e. The summed E-state index contributed by atoms with van der Waals surface area (Å²) in [5, 5.41) is 13.2. The molecule has 3 aromatic rings. The quantitative estimate of drug-likeness (QED) is 0.218. The number of hydrogen-bond acceptors (Lipinski definition) is 6. The molecule has 44 heavy (non-hydrogen) atoms. The number of ketones is 1. The summed E-state index contributed by atoms with van der Waals surface area (Å²) >= 11 is 6.56. The molecular weight excluding hydrogens is 576 g/mol. The zero-order valence-corrected chi connectivity index (χ0v) is 26.7. The molecule has 6 nitrogen and oxygen atoms in total. The van der Waals surface area contributed by atoms with Gasteiger partial charge < -0.3 is 19.3 Å². The summed E-state index contributed by atoms with van der Waals surface area (Å²) in [4.78, 5) is 25.6. The molecule has 2 unspecified atom stereocenters. The van der Waals surface area contributed by atoms with Gasteiger partial charge in [0.25, 0.3) is 0 Å². The zero-order chi connectivity index (χ0) is 31.3. The Morgan fingerprint density at radius 2 is 1.66 bits per heavy atom. The zero-order valence-electron chi connectivity index (χ0n) is 25.9. The van der Waals surface area contributed by atoms with Crippen LogP contribution in [0.15, 0.2) is 60.7 Å². The van der Waals surface area contributed by atoms with Crippen LogP contribution in [0.3, 0.4) is 0 Å². The normalized spacial score (nSPS) is 22.7. The number of methoxy groups -OCH3 is 2. The molecule has 0 amide bonds. The Morgan fingerprint density at radius 1 is 0.909 bits per heavy atom. The van der Waals surface area contributed by atoms with Crippen LogP contribution < -0.4 is 9.47 Å². The summed E-state index contributed by atoms with van der Waals surface area (Å²) in [6.07, 6.45) is 6.00. The van der Waals surface area contributed by atoms with E-state index >= 15 is 0 Å². The summed E-state index contributed by atoms with van der Waals surface area (Å²) in [7, 11) is 3.23. The first-order valence-corrected chi connectivity index (χ1v) is 16.1. The standard InChI is InChI=1S/C37H43ClO6/c1-4-44-35(40)20-25-14-12-24(13-15-25)16-18-27(39)22-37(41)23-32(30-9-7-11-34(42-2)36(30)43-3)31-21-26(38)17-19-28(31)29-8-5-6-10-33(29)37/h5-11,17,19,21,24-25,32,41H,4,12-16,18,20,22-23H2,1-3H3. The van der Waals surface area contributed by atoms with Crippen LogP contribution in [-0.4, -0.2) is 37.7 Å². The summed E-state index contributed by atoms with van der Waals surface area (Å²) in [5.41, 5.74) is 3.06. The smallest absolute Gasteiger partial charge is 0.306 e. The van der Waals surface area contributed by atoms with E-state index in [1.165, 1.54) is 0 Å². The second-order valence-electron chi connectivity index (χ2n) is 12.3. The number of esters is 1. The lowest BCUT2D eigenvalue weighted by atomic mass is 9.76. The Hall–Kier alpha value is -3.35. The van der Waals surface area contributed by atoms with Crippen molar-refractivity contribution < 1.29 is 28.9 Å². The lowest BCUT2D eigenvalue weighted by Crippen LogP contribution is -2.31. The Kier molecular flexibility index (Phi) is 10.3. The van der Waals surface area contributed by atoms with Crippen LogP contribution in [-0.2, 0) is 19.9 Å². The summed E-state index contributed by atoms with van der Waals surface area (Å²) < 4.78 is 16.6. The molecule has 0 saturated heterocycles. The second-order valence-corrected chi connectivity index (χ2v) is 12.7. The summed E-state index contributed by atoms with van der Waals surface area (Å²) in [6.45, 7) is 2.25. The topological polar surface area (TPSA) is 82.1 Å². The van der Waals surface area contributed by atoms with E-state index in [4.69, 9.17) is 25.8 Å². The number of carbonyl (C=O) groups excluding carboxylic acids is 2. The van der Waals surface area contributed by atoms with E-state index in [1.54, 1.807) is 14.2 Å². The van der Waals surface area contributed by atoms with Gasteiger partial charge in [0, 0.05) is 35.8 Å². The van der Waals surface area contributed by atoms with Crippen LogP contribution in [0.25, 0.3) is 11.1 Å². The molecule has 7 heteroatoms. The minimum absolute atomic E-state index is 0.0206. The number of ether oxygens (including phenoxy) is 3. The third kappa shape index (κ3) is 6.97. The molecule has 1 fully saturated rings. The van der Waals surface area contributed by atoms with Gasteiger partial charge in [0.2, 0.25) is 0 Å². The molecule has 2 aliphatic carbocycles. The van der Waals surface area contributed by atoms with Gasteiger partial charge in [-0.3, -0.25) is 9.59 Å². The Bertz CT molecular complexity index is 1480. The fourth-order valence-electron chi connectivity index (χ4n) is 7.34. The van der Waals surface area contributed by atoms with Crippen LogP contribution >= 0.6 is 11.6 Å². The van der Waals surface area contributed by atoms with Crippen molar-refractivity contribution in [2.24, 2.45) is 11.8 Å². The molecule has 2 atom stereocenters. The molecule has 0 aliphatic heterocycles. The van der Waals surface area contributed by atoms with E-state index in [2.05, 4.69) is 0 Å². The van der Waals surface area contributed by atoms with Gasteiger partial charge in [-0.1, -0.05) is 66.9 Å². The first-order chi connectivity index (χ1) is 21.3. The largest absolute Gasteiger partial charge is 0.493 e. The highest BCUT2D eigenvalue weighted by Crippen LogP contribution is 2.52. The molecule has 2 aliphatic rings. The van der Waals surface area contributed by atoms with E-state index in [-0.39, 0.29) is 30.5 Å². The number of rotatable bonds is 11. The van der Waals surface area contributed by atoms with Crippen LogP contribution in [0.1, 0.15) is 87.3 Å². The SMILES string of the molecule is CCOC(=O)CC1CCC(CCC(=O)CC2(O)CC(c3cccc(OC)c3OC)c3cc(Cl)ccc3-c3ccccc32)CC1. The van der Waals surface area contributed by atoms with E-state index in [0.717, 1.165) is 59.9 Å². The lowest BCUT2D eigenvalue weighted by Gasteiger charge is -2.32. The van der Waals surface area contributed by atoms with Crippen molar-refractivity contribution in [3.63, 3.8) is 0 Å². The molecule has 5 rings (SSSR count). The molecule has 1 saturated carbocycles. The predicted octanol–water partition coefficient (Wildman–Crippen LogP) is 8.25. The molecule has 3 aromatic carbocycles. The Balaban J connectivity index is 1.39. The summed E-state index contributed by atoms with van der Waals surface area (Å²) in [5.74, 6) is 1.65. The maximum absolute atomic E-state index is 13.7. The van der Waals surface area contributed by atoms with Gasteiger partial charge in [0.1, 0.15) is 5.78 Å². The molecule has 1 N–H and O–H groups in total. The highest BCUT2D eigenvalue weighted by molar-refractivity contribution is 6.30. The van der Waals surface area contributed by atoms with Gasteiger partial charge in [-0.05, 0) is 84.9 Å². The Morgan fingerprint density at radius 3 is 2.39 bits per heavy atom. The molecule has 0 radical (unpaired) electrons. The van der Waals surface area contributed by atoms with Crippen LogP contribution in [0.2, 0.25) is 5.02 Å². The first kappa shape index (κ1) is 32.1. The van der Waals surface area contributed by atoms with Crippen molar-refractivity contribution in [3.05, 3.63) is 82.4 Å². The molecule has 0 aromatic heterocycles. The minimum atomic E-state index is -1.41. The number of benzene rings is 3. The molecular formula is C37H43ClO6. The second kappa shape index (κ2) is 14.2. The number of fused-ring (bicyclic) bond motifs is 3. The van der Waals surface area contributed by atoms with Crippen molar-refractivity contribution in [1.82, 2.24) is 0 Å². The predicted molar refractivity (Wildman–Crippen MR) is 172 cm³/mol. The Labute approximate surface area is 265 Å². The van der Waals surface area contributed by atoms with Crippen LogP contribution in [0.5, 0.6) is 11.5 Å². The van der Waals surface area contributed by atoms with Crippen LogP contribution in [0.4, 0.5) is 0 Å². The number of carbonyl (C=O) groups is 2. The van der Waals surface area contributed by atoms with Gasteiger partial charge in [-0.15, -0.1) is 0 Å². The maximum Gasteiger partial charge on any atom is 0.306 e. The van der Waals surface area contributed by atoms with Crippen molar-refractivity contribution in [2.75, 3.05) is 20.8 Å². The van der Waals surface area contributed by atoms with Crippen molar-refractivity contribution in [2.45, 2.75) is 76.2 Å². The number of hydrogen-bond donors (Lipinski definition) is 1. The van der Waals surface area contributed by atoms with Gasteiger partial charge in [0.15, 0.2) is 11.5 Å². The fraction of sp³-hybridized carbons (Fsp3) is 0.459. The van der Waals surface area contributed by atoms with Gasteiger partial charge in [-0.25, -0.2) is 0 Å². The first-order valence-electron chi connectivity index (χ1n) is 15.8. The average molecular weight is 619 g/mol. The average Bonchev–Trinajstić information content (AvgIpc) is 3.12. The van der Waals surface area contributed by atoms with Crippen molar-refractivity contribution in [1.29, 1.82) is 0 Å². The highest BCUT2D eigenvalue weighted by Gasteiger charge is 2.42.